The second-order valence-corrected chi connectivity index (χ2v) is 13.9. The Bertz CT molecular complexity index is 754. The molecule has 2 unspecified atom stereocenters. The molecule has 0 spiro atoms. The Hall–Kier alpha value is -0.210. The number of rotatable bonds is 5. The van der Waals surface area contributed by atoms with Crippen LogP contribution in [-0.2, 0) is 35.7 Å². The molecule has 3 aliphatic rings. The molecule has 0 bridgehead atoms. The van der Waals surface area contributed by atoms with E-state index in [1.165, 1.54) is 48.6 Å². The Morgan fingerprint density at radius 3 is 3.00 bits per heavy atom. The molecule has 122 valence electrons. The number of unbranched alkanes of at least 4 members (excludes halogenated alkanes) is 1. The molecule has 1 aromatic carbocycles. The van der Waals surface area contributed by atoms with Crippen molar-refractivity contribution in [2.24, 2.45) is 0 Å². The molecule has 0 aromatic heterocycles. The summed E-state index contributed by atoms with van der Waals surface area (Å²) in [5, 5.41) is 0. The minimum absolute atomic E-state index is 0.790. The molecule has 3 aliphatic carbocycles. The van der Waals surface area contributed by atoms with Crippen molar-refractivity contribution in [3.63, 3.8) is 0 Å². The van der Waals surface area contributed by atoms with E-state index in [0.29, 0.717) is 0 Å². The second kappa shape index (κ2) is 7.19. The van der Waals surface area contributed by atoms with Crippen molar-refractivity contribution in [3.05, 3.63) is 62.2 Å². The van der Waals surface area contributed by atoms with Gasteiger partial charge in [0, 0.05) is 0 Å². The standard InChI is InChI=1S/C13H12Br.C9H13.Hf/c1-8-5-10-7-9-3-2-4-11(9)13(14)12(10)6-8;1-2-3-6-9-7-4-5-8-9;/h5-7H,2-4H2,1H3;4-5,7-8H,2-3,6H2,1H3;/q;;+2. The molecular formula is C22H25BrHf+2. The zero-order chi connectivity index (χ0) is 16.7. The van der Waals surface area contributed by atoms with Gasteiger partial charge in [0.05, 0.1) is 0 Å². The van der Waals surface area contributed by atoms with Crippen molar-refractivity contribution < 1.29 is 22.9 Å². The molecule has 0 fully saturated rings. The first-order valence-corrected chi connectivity index (χ1v) is 14.3. The summed E-state index contributed by atoms with van der Waals surface area (Å²) in [5.41, 5.74) is 9.62. The third-order valence-electron chi connectivity index (χ3n) is 5.63. The van der Waals surface area contributed by atoms with Crippen molar-refractivity contribution in [1.82, 2.24) is 0 Å². The first-order valence-electron chi connectivity index (χ1n) is 9.34. The number of fused-ring (bicyclic) bond motifs is 2. The van der Waals surface area contributed by atoms with E-state index >= 15 is 0 Å². The van der Waals surface area contributed by atoms with Gasteiger partial charge in [-0.15, -0.1) is 0 Å². The molecule has 4 rings (SSSR count). The Morgan fingerprint density at radius 1 is 1.29 bits per heavy atom. The fourth-order valence-electron chi connectivity index (χ4n) is 4.31. The number of hydrogen-bond donors (Lipinski definition) is 0. The van der Waals surface area contributed by atoms with Crippen LogP contribution >= 0.6 is 15.9 Å². The van der Waals surface area contributed by atoms with Crippen LogP contribution in [0.4, 0.5) is 0 Å². The van der Waals surface area contributed by atoms with Gasteiger partial charge in [0.15, 0.2) is 0 Å². The van der Waals surface area contributed by atoms with Crippen molar-refractivity contribution in [2.75, 3.05) is 0 Å². The van der Waals surface area contributed by atoms with Gasteiger partial charge in [-0.1, -0.05) is 0 Å². The van der Waals surface area contributed by atoms with Crippen molar-refractivity contribution in [1.29, 1.82) is 0 Å². The SMILES string of the molecule is CCCCC1=C[CH]([Hf+2][CH]2C(C)=Cc3c2cc2c(c3Br)CCC2)C=C1. The Balaban J connectivity index is 1.57. The molecule has 2 atom stereocenters. The Labute approximate surface area is 166 Å². The Morgan fingerprint density at radius 2 is 2.17 bits per heavy atom. The molecular weight excluding hydrogens is 523 g/mol. The summed E-state index contributed by atoms with van der Waals surface area (Å²) in [6.07, 6.45) is 17.8. The van der Waals surface area contributed by atoms with Crippen LogP contribution in [0.15, 0.2) is 39.9 Å². The predicted octanol–water partition coefficient (Wildman–Crippen LogP) is 6.95. The van der Waals surface area contributed by atoms with Crippen LogP contribution in [0.2, 0.25) is 3.67 Å². The summed E-state index contributed by atoms with van der Waals surface area (Å²) in [6, 6.07) is 2.58. The molecule has 0 heterocycles. The maximum absolute atomic E-state index is 3.94. The van der Waals surface area contributed by atoms with Crippen LogP contribution < -0.4 is 0 Å². The molecule has 1 aromatic rings. The van der Waals surface area contributed by atoms with Gasteiger partial charge < -0.3 is 0 Å². The van der Waals surface area contributed by atoms with Crippen LogP contribution in [-0.4, -0.2) is 0 Å². The zero-order valence-electron chi connectivity index (χ0n) is 14.7. The van der Waals surface area contributed by atoms with E-state index in [2.05, 4.69) is 60.1 Å². The van der Waals surface area contributed by atoms with E-state index in [-0.39, 0.29) is 0 Å². The number of allylic oxidation sites excluding steroid dienone is 5. The summed E-state index contributed by atoms with van der Waals surface area (Å²) < 4.78 is 3.01. The van der Waals surface area contributed by atoms with Gasteiger partial charge in [-0.3, -0.25) is 0 Å². The van der Waals surface area contributed by atoms with Crippen LogP contribution in [0.5, 0.6) is 0 Å². The van der Waals surface area contributed by atoms with E-state index in [4.69, 9.17) is 0 Å². The number of benzene rings is 1. The number of halogens is 1. The molecule has 0 nitrogen and oxygen atoms in total. The van der Waals surface area contributed by atoms with Crippen LogP contribution in [0, 0.1) is 0 Å². The average Bonchev–Trinajstić information content (AvgIpc) is 3.27. The van der Waals surface area contributed by atoms with Crippen LogP contribution in [0.3, 0.4) is 0 Å². The predicted molar refractivity (Wildman–Crippen MR) is 103 cm³/mol. The van der Waals surface area contributed by atoms with E-state index in [0.717, 1.165) is 7.35 Å². The summed E-state index contributed by atoms with van der Waals surface area (Å²) in [7, 11) is 0. The van der Waals surface area contributed by atoms with Crippen LogP contribution in [0.25, 0.3) is 6.08 Å². The van der Waals surface area contributed by atoms with Gasteiger partial charge in [-0.2, -0.15) is 0 Å². The quantitative estimate of drug-likeness (QED) is 0.350. The fraction of sp³-hybridized carbons (Fsp3) is 0.455. The third kappa shape index (κ3) is 3.14. The van der Waals surface area contributed by atoms with Gasteiger partial charge in [-0.25, -0.2) is 0 Å². The van der Waals surface area contributed by atoms with Crippen molar-refractivity contribution >= 4 is 22.0 Å². The molecule has 0 N–H and O–H groups in total. The summed E-state index contributed by atoms with van der Waals surface area (Å²) >= 11 is 3.13. The molecule has 24 heavy (non-hydrogen) atoms. The minimum atomic E-state index is -0.815. The molecule has 0 radical (unpaired) electrons. The second-order valence-electron chi connectivity index (χ2n) is 7.40. The summed E-state index contributed by atoms with van der Waals surface area (Å²) in [4.78, 5) is 0. The van der Waals surface area contributed by atoms with Gasteiger partial charge >= 0.3 is 167 Å². The molecule has 0 saturated heterocycles. The summed E-state index contributed by atoms with van der Waals surface area (Å²) in [5.74, 6) is 0. The first kappa shape index (κ1) is 17.2. The fourth-order valence-corrected chi connectivity index (χ4v) is 11.1. The number of hydrogen-bond acceptors (Lipinski definition) is 0. The molecule has 0 aliphatic heterocycles. The van der Waals surface area contributed by atoms with E-state index in [1.54, 1.807) is 27.8 Å². The number of aryl methyl sites for hydroxylation is 1. The van der Waals surface area contributed by atoms with Crippen molar-refractivity contribution in [3.8, 4) is 0 Å². The van der Waals surface area contributed by atoms with Gasteiger partial charge in [-0.05, 0) is 0 Å². The topological polar surface area (TPSA) is 0 Å². The van der Waals surface area contributed by atoms with Crippen LogP contribution in [0.1, 0.15) is 65.5 Å². The molecule has 0 amide bonds. The van der Waals surface area contributed by atoms with E-state index in [9.17, 15) is 0 Å². The van der Waals surface area contributed by atoms with E-state index < -0.39 is 22.9 Å². The Kier molecular flexibility index (Phi) is 5.16. The van der Waals surface area contributed by atoms with E-state index in [1.807, 2.05) is 0 Å². The first-order chi connectivity index (χ1) is 11.7. The monoisotopic (exact) mass is 548 g/mol. The summed E-state index contributed by atoms with van der Waals surface area (Å²) in [6.45, 7) is 4.66. The van der Waals surface area contributed by atoms with Gasteiger partial charge in [0.2, 0.25) is 0 Å². The normalized spacial score (nSPS) is 23.8. The third-order valence-corrected chi connectivity index (χ3v) is 13.2. The molecule has 0 saturated carbocycles. The average molecular weight is 548 g/mol. The zero-order valence-corrected chi connectivity index (χ0v) is 19.8. The maximum atomic E-state index is 3.94. The molecule has 2 heteroatoms. The van der Waals surface area contributed by atoms with Crippen molar-refractivity contribution in [2.45, 2.75) is 59.7 Å². The van der Waals surface area contributed by atoms with Gasteiger partial charge in [0.1, 0.15) is 0 Å². The van der Waals surface area contributed by atoms with Gasteiger partial charge in [0.25, 0.3) is 0 Å².